The Balaban J connectivity index is 2.32. The van der Waals surface area contributed by atoms with Gasteiger partial charge in [-0.1, -0.05) is 26.0 Å². The van der Waals surface area contributed by atoms with E-state index in [1.165, 1.54) is 12.1 Å². The van der Waals surface area contributed by atoms with Gasteiger partial charge in [-0.3, -0.25) is 4.79 Å². The molecule has 0 heterocycles. The molecule has 0 aromatic heterocycles. The van der Waals surface area contributed by atoms with E-state index < -0.39 is 21.2 Å². The van der Waals surface area contributed by atoms with Crippen LogP contribution in [0.1, 0.15) is 32.3 Å². The van der Waals surface area contributed by atoms with Crippen molar-refractivity contribution in [2.45, 2.75) is 37.0 Å². The van der Waals surface area contributed by atoms with E-state index >= 15 is 0 Å². The van der Waals surface area contributed by atoms with Crippen molar-refractivity contribution >= 4 is 15.8 Å². The highest BCUT2D eigenvalue weighted by atomic mass is 32.2. The highest BCUT2D eigenvalue weighted by Crippen LogP contribution is 2.57. The average Bonchev–Trinajstić information content (AvgIpc) is 3.02. The zero-order valence-corrected chi connectivity index (χ0v) is 12.8. The zero-order valence-electron chi connectivity index (χ0n) is 12.0. The van der Waals surface area contributed by atoms with Crippen LogP contribution in [0.15, 0.2) is 29.2 Å². The summed E-state index contributed by atoms with van der Waals surface area (Å²) in [5, 5.41) is 9.55. The number of hydrogen-bond acceptors (Lipinski definition) is 3. The van der Waals surface area contributed by atoms with Gasteiger partial charge in [0, 0.05) is 6.26 Å². The van der Waals surface area contributed by atoms with E-state index in [1.807, 2.05) is 0 Å². The minimum absolute atomic E-state index is 0.143. The van der Waals surface area contributed by atoms with E-state index in [2.05, 4.69) is 13.8 Å². The van der Waals surface area contributed by atoms with Crippen LogP contribution in [0.3, 0.4) is 0 Å². The molecule has 1 saturated carbocycles. The highest BCUT2D eigenvalue weighted by Gasteiger charge is 2.61. The third-order valence-corrected chi connectivity index (χ3v) is 5.17. The van der Waals surface area contributed by atoms with Crippen molar-refractivity contribution in [3.8, 4) is 0 Å². The van der Waals surface area contributed by atoms with Crippen molar-refractivity contribution in [1.82, 2.24) is 0 Å². The topological polar surface area (TPSA) is 71.4 Å². The van der Waals surface area contributed by atoms with E-state index in [0.717, 1.165) is 12.7 Å². The third-order valence-electron chi connectivity index (χ3n) is 4.04. The number of carboxylic acid groups (broad SMARTS) is 1. The van der Waals surface area contributed by atoms with Crippen LogP contribution in [0.5, 0.6) is 0 Å². The van der Waals surface area contributed by atoms with Gasteiger partial charge in [0.2, 0.25) is 0 Å². The average molecular weight is 296 g/mol. The smallest absolute Gasteiger partial charge is 0.314 e. The normalized spacial score (nSPS) is 25.7. The Hall–Kier alpha value is -1.36. The molecule has 0 aliphatic heterocycles. The molecular weight excluding hydrogens is 276 g/mol. The zero-order chi connectivity index (χ0) is 15.1. The van der Waals surface area contributed by atoms with Gasteiger partial charge in [0.15, 0.2) is 9.84 Å². The lowest BCUT2D eigenvalue weighted by Gasteiger charge is -2.14. The molecule has 1 aromatic rings. The fourth-order valence-corrected chi connectivity index (χ4v) is 3.55. The molecule has 2 atom stereocenters. The van der Waals surface area contributed by atoms with Gasteiger partial charge in [-0.15, -0.1) is 0 Å². The molecule has 1 aliphatic carbocycles. The molecule has 20 heavy (non-hydrogen) atoms. The molecule has 0 amide bonds. The molecule has 0 radical (unpaired) electrons. The van der Waals surface area contributed by atoms with E-state index in [9.17, 15) is 18.3 Å². The Labute approximate surface area is 119 Å². The van der Waals surface area contributed by atoms with Crippen LogP contribution < -0.4 is 0 Å². The Morgan fingerprint density at radius 2 is 1.90 bits per heavy atom. The lowest BCUT2D eigenvalue weighted by Crippen LogP contribution is -2.23. The van der Waals surface area contributed by atoms with Crippen LogP contribution in [-0.4, -0.2) is 25.7 Å². The molecule has 2 rings (SSSR count). The molecule has 0 spiro atoms. The summed E-state index contributed by atoms with van der Waals surface area (Å²) in [7, 11) is -3.24. The maximum absolute atomic E-state index is 11.6. The SMILES string of the molecule is CC(C)CC1CC1(C(=O)O)c1ccc(S(C)(=O)=O)cc1. The van der Waals surface area contributed by atoms with Crippen molar-refractivity contribution in [3.63, 3.8) is 0 Å². The maximum Gasteiger partial charge on any atom is 0.314 e. The third kappa shape index (κ3) is 2.59. The maximum atomic E-state index is 11.6. The molecular formula is C15H20O4S. The predicted molar refractivity (Wildman–Crippen MR) is 76.4 cm³/mol. The molecule has 4 nitrogen and oxygen atoms in total. The van der Waals surface area contributed by atoms with E-state index in [-0.39, 0.29) is 10.8 Å². The summed E-state index contributed by atoms with van der Waals surface area (Å²) >= 11 is 0. The number of benzene rings is 1. The lowest BCUT2D eigenvalue weighted by molar-refractivity contribution is -0.140. The summed E-state index contributed by atoms with van der Waals surface area (Å²) in [6.45, 7) is 4.16. The summed E-state index contributed by atoms with van der Waals surface area (Å²) in [5.74, 6) is -0.212. The Kier molecular flexibility index (Phi) is 3.67. The fraction of sp³-hybridized carbons (Fsp3) is 0.533. The number of carboxylic acids is 1. The first-order valence-electron chi connectivity index (χ1n) is 6.72. The second-order valence-electron chi connectivity index (χ2n) is 6.10. The molecule has 1 aromatic carbocycles. The minimum atomic E-state index is -3.24. The highest BCUT2D eigenvalue weighted by molar-refractivity contribution is 7.90. The van der Waals surface area contributed by atoms with Crippen molar-refractivity contribution in [2.75, 3.05) is 6.26 Å². The van der Waals surface area contributed by atoms with Gasteiger partial charge in [0.05, 0.1) is 10.3 Å². The first kappa shape index (κ1) is 15.0. The minimum Gasteiger partial charge on any atom is -0.481 e. The van der Waals surface area contributed by atoms with Crippen molar-refractivity contribution in [2.24, 2.45) is 11.8 Å². The predicted octanol–water partition coefficient (Wildman–Crippen LogP) is 2.48. The van der Waals surface area contributed by atoms with Gasteiger partial charge in [-0.05, 0) is 42.4 Å². The Morgan fingerprint density at radius 1 is 1.35 bits per heavy atom. The van der Waals surface area contributed by atoms with Crippen molar-refractivity contribution in [1.29, 1.82) is 0 Å². The van der Waals surface area contributed by atoms with Gasteiger partial charge >= 0.3 is 5.97 Å². The van der Waals surface area contributed by atoms with Crippen LogP contribution in [0, 0.1) is 11.8 Å². The molecule has 5 heteroatoms. The van der Waals surface area contributed by atoms with Crippen LogP contribution >= 0.6 is 0 Å². The molecule has 2 unspecified atom stereocenters. The first-order valence-corrected chi connectivity index (χ1v) is 8.61. The number of carbonyl (C=O) groups is 1. The summed E-state index contributed by atoms with van der Waals surface area (Å²) in [5.41, 5.74) is -0.108. The molecule has 0 saturated heterocycles. The second-order valence-corrected chi connectivity index (χ2v) is 8.12. The molecule has 1 fully saturated rings. The number of hydrogen-bond donors (Lipinski definition) is 1. The second kappa shape index (κ2) is 4.88. The van der Waals surface area contributed by atoms with Gasteiger partial charge in [-0.2, -0.15) is 0 Å². The van der Waals surface area contributed by atoms with Crippen LogP contribution in [0.2, 0.25) is 0 Å². The standard InChI is InChI=1S/C15H20O4S/c1-10(2)8-12-9-15(12,14(16)17)11-4-6-13(7-5-11)20(3,18)19/h4-7,10,12H,8-9H2,1-3H3,(H,16,17). The Bertz CT molecular complexity index is 616. The molecule has 110 valence electrons. The monoisotopic (exact) mass is 296 g/mol. The molecule has 1 aliphatic rings. The van der Waals surface area contributed by atoms with Crippen molar-refractivity contribution < 1.29 is 18.3 Å². The quantitative estimate of drug-likeness (QED) is 0.906. The van der Waals surface area contributed by atoms with Gasteiger partial charge in [0.25, 0.3) is 0 Å². The summed E-state index contributed by atoms with van der Waals surface area (Å²) < 4.78 is 22.9. The largest absolute Gasteiger partial charge is 0.481 e. The van der Waals surface area contributed by atoms with Crippen LogP contribution in [0.4, 0.5) is 0 Å². The fourth-order valence-electron chi connectivity index (χ4n) is 2.92. The number of sulfone groups is 1. The van der Waals surface area contributed by atoms with E-state index in [0.29, 0.717) is 17.9 Å². The van der Waals surface area contributed by atoms with E-state index in [1.54, 1.807) is 12.1 Å². The van der Waals surface area contributed by atoms with E-state index in [4.69, 9.17) is 0 Å². The summed E-state index contributed by atoms with van der Waals surface area (Å²) in [6, 6.07) is 6.29. The Morgan fingerprint density at radius 3 is 2.30 bits per heavy atom. The van der Waals surface area contributed by atoms with Gasteiger partial charge < -0.3 is 5.11 Å². The van der Waals surface area contributed by atoms with Gasteiger partial charge in [-0.25, -0.2) is 8.42 Å². The van der Waals surface area contributed by atoms with Crippen LogP contribution in [0.25, 0.3) is 0 Å². The number of aliphatic carboxylic acids is 1. The lowest BCUT2D eigenvalue weighted by atomic mass is 9.90. The summed E-state index contributed by atoms with van der Waals surface area (Å²) in [6.07, 6.45) is 2.66. The van der Waals surface area contributed by atoms with Gasteiger partial charge in [0.1, 0.15) is 0 Å². The summed E-state index contributed by atoms with van der Waals surface area (Å²) in [4.78, 5) is 11.9. The molecule has 0 bridgehead atoms. The number of rotatable bonds is 5. The first-order chi connectivity index (χ1) is 9.18. The molecule has 1 N–H and O–H groups in total. The van der Waals surface area contributed by atoms with Crippen LogP contribution in [-0.2, 0) is 20.0 Å². The van der Waals surface area contributed by atoms with Crippen molar-refractivity contribution in [3.05, 3.63) is 29.8 Å².